The molecule has 2 rings (SSSR count). The van der Waals surface area contributed by atoms with Crippen LogP contribution in [0.25, 0.3) is 0 Å². The fourth-order valence-electron chi connectivity index (χ4n) is 1.76. The highest BCUT2D eigenvalue weighted by Gasteiger charge is 2.15. The molecule has 0 aliphatic heterocycles. The molecule has 1 heterocycles. The SMILES string of the molecule is COc1ccc(Nc2cnc(C(C)C)nc2C(=O)O)cc1. The van der Waals surface area contributed by atoms with Crippen molar-refractivity contribution >= 4 is 17.3 Å². The van der Waals surface area contributed by atoms with Gasteiger partial charge in [-0.1, -0.05) is 13.8 Å². The number of ether oxygens (including phenoxy) is 1. The lowest BCUT2D eigenvalue weighted by molar-refractivity contribution is 0.0691. The summed E-state index contributed by atoms with van der Waals surface area (Å²) in [5.41, 5.74) is 1.06. The van der Waals surface area contributed by atoms with E-state index in [0.717, 1.165) is 11.4 Å². The third-order valence-electron chi connectivity index (χ3n) is 2.90. The van der Waals surface area contributed by atoms with Crippen LogP contribution in [0, 0.1) is 0 Å². The van der Waals surface area contributed by atoms with Crippen molar-refractivity contribution in [2.75, 3.05) is 12.4 Å². The Kier molecular flexibility index (Phi) is 4.37. The normalized spacial score (nSPS) is 10.5. The number of methoxy groups -OCH3 is 1. The van der Waals surface area contributed by atoms with Gasteiger partial charge in [0.2, 0.25) is 0 Å². The minimum absolute atomic E-state index is 0.0375. The van der Waals surface area contributed by atoms with Crippen LogP contribution >= 0.6 is 0 Å². The minimum atomic E-state index is -1.09. The van der Waals surface area contributed by atoms with Crippen molar-refractivity contribution in [2.24, 2.45) is 0 Å². The number of aromatic carboxylic acids is 1. The Morgan fingerprint density at radius 3 is 2.48 bits per heavy atom. The number of hydrogen-bond donors (Lipinski definition) is 2. The van der Waals surface area contributed by atoms with Gasteiger partial charge in [-0.2, -0.15) is 0 Å². The Morgan fingerprint density at radius 1 is 1.29 bits per heavy atom. The summed E-state index contributed by atoms with van der Waals surface area (Å²) in [7, 11) is 1.59. The Labute approximate surface area is 122 Å². The molecule has 0 saturated carbocycles. The molecule has 0 aliphatic carbocycles. The summed E-state index contributed by atoms with van der Waals surface area (Å²) in [5, 5.41) is 12.3. The zero-order valence-corrected chi connectivity index (χ0v) is 12.1. The van der Waals surface area contributed by atoms with Gasteiger partial charge < -0.3 is 15.2 Å². The molecular weight excluding hydrogens is 270 g/mol. The quantitative estimate of drug-likeness (QED) is 0.879. The standard InChI is InChI=1S/C15H17N3O3/c1-9(2)14-16-8-12(13(18-14)15(19)20)17-10-4-6-11(21-3)7-5-10/h4-9,17H,1-3H3,(H,19,20). The molecule has 2 aromatic rings. The van der Waals surface area contributed by atoms with Gasteiger partial charge in [0.25, 0.3) is 0 Å². The fourth-order valence-corrected chi connectivity index (χ4v) is 1.76. The van der Waals surface area contributed by atoms with E-state index in [4.69, 9.17) is 4.74 Å². The van der Waals surface area contributed by atoms with Crippen LogP contribution < -0.4 is 10.1 Å². The van der Waals surface area contributed by atoms with Gasteiger partial charge in [0.05, 0.1) is 19.0 Å². The number of carboxylic acid groups (broad SMARTS) is 1. The first kappa shape index (κ1) is 14.8. The number of nitrogens with one attached hydrogen (secondary N) is 1. The number of anilines is 2. The Bertz CT molecular complexity index is 639. The van der Waals surface area contributed by atoms with Crippen molar-refractivity contribution in [3.63, 3.8) is 0 Å². The summed E-state index contributed by atoms with van der Waals surface area (Å²) < 4.78 is 5.08. The zero-order chi connectivity index (χ0) is 15.4. The van der Waals surface area contributed by atoms with Gasteiger partial charge >= 0.3 is 5.97 Å². The molecule has 1 aromatic carbocycles. The van der Waals surface area contributed by atoms with Crippen LogP contribution in [-0.2, 0) is 0 Å². The predicted octanol–water partition coefficient (Wildman–Crippen LogP) is 3.05. The molecule has 6 nitrogen and oxygen atoms in total. The van der Waals surface area contributed by atoms with Crippen LogP contribution in [0.5, 0.6) is 5.75 Å². The maximum absolute atomic E-state index is 11.3. The molecular formula is C15H17N3O3. The second-order valence-electron chi connectivity index (χ2n) is 4.80. The Morgan fingerprint density at radius 2 is 1.95 bits per heavy atom. The Balaban J connectivity index is 2.31. The first-order valence-corrected chi connectivity index (χ1v) is 6.52. The lowest BCUT2D eigenvalue weighted by Crippen LogP contribution is -2.10. The summed E-state index contributed by atoms with van der Waals surface area (Å²) in [6.45, 7) is 3.83. The molecule has 0 saturated heterocycles. The fraction of sp³-hybridized carbons (Fsp3) is 0.267. The van der Waals surface area contributed by atoms with Gasteiger partial charge in [-0.25, -0.2) is 14.8 Å². The monoisotopic (exact) mass is 287 g/mol. The van der Waals surface area contributed by atoms with Gasteiger partial charge in [-0.15, -0.1) is 0 Å². The molecule has 110 valence electrons. The highest BCUT2D eigenvalue weighted by molar-refractivity contribution is 5.92. The van der Waals surface area contributed by atoms with Crippen molar-refractivity contribution in [1.82, 2.24) is 9.97 Å². The summed E-state index contributed by atoms with van der Waals surface area (Å²) in [5.74, 6) is 0.214. The molecule has 0 aliphatic rings. The smallest absolute Gasteiger partial charge is 0.356 e. The summed E-state index contributed by atoms with van der Waals surface area (Å²) >= 11 is 0. The van der Waals surface area contributed by atoms with Crippen molar-refractivity contribution < 1.29 is 14.6 Å². The molecule has 0 bridgehead atoms. The van der Waals surface area contributed by atoms with Crippen molar-refractivity contribution in [2.45, 2.75) is 19.8 Å². The largest absolute Gasteiger partial charge is 0.497 e. The number of hydrogen-bond acceptors (Lipinski definition) is 5. The average Bonchev–Trinajstić information content (AvgIpc) is 2.48. The van der Waals surface area contributed by atoms with Gasteiger partial charge in [0, 0.05) is 11.6 Å². The van der Waals surface area contributed by atoms with E-state index < -0.39 is 5.97 Å². The van der Waals surface area contributed by atoms with Crippen LogP contribution in [0.2, 0.25) is 0 Å². The van der Waals surface area contributed by atoms with Crippen molar-refractivity contribution in [3.8, 4) is 5.75 Å². The van der Waals surface area contributed by atoms with Gasteiger partial charge in [0.15, 0.2) is 5.69 Å². The number of carboxylic acids is 1. The van der Waals surface area contributed by atoms with E-state index in [1.807, 2.05) is 13.8 Å². The summed E-state index contributed by atoms with van der Waals surface area (Å²) in [6.07, 6.45) is 1.50. The average molecular weight is 287 g/mol. The number of benzene rings is 1. The maximum Gasteiger partial charge on any atom is 0.356 e. The van der Waals surface area contributed by atoms with Crippen molar-refractivity contribution in [1.29, 1.82) is 0 Å². The van der Waals surface area contributed by atoms with E-state index in [-0.39, 0.29) is 11.6 Å². The third-order valence-corrected chi connectivity index (χ3v) is 2.90. The van der Waals surface area contributed by atoms with E-state index >= 15 is 0 Å². The van der Waals surface area contributed by atoms with Crippen LogP contribution in [0.4, 0.5) is 11.4 Å². The second kappa shape index (κ2) is 6.21. The number of carbonyl (C=O) groups is 1. The molecule has 1 aromatic heterocycles. The summed E-state index contributed by atoms with van der Waals surface area (Å²) in [6, 6.07) is 7.15. The molecule has 0 amide bonds. The van der Waals surface area contributed by atoms with Crippen LogP contribution in [-0.4, -0.2) is 28.2 Å². The number of aromatic nitrogens is 2. The van der Waals surface area contributed by atoms with Crippen molar-refractivity contribution in [3.05, 3.63) is 42.0 Å². The van der Waals surface area contributed by atoms with E-state index in [1.165, 1.54) is 6.20 Å². The first-order chi connectivity index (χ1) is 10.0. The van der Waals surface area contributed by atoms with E-state index in [9.17, 15) is 9.90 Å². The van der Waals surface area contributed by atoms with E-state index in [0.29, 0.717) is 11.5 Å². The van der Waals surface area contributed by atoms with Gasteiger partial charge in [-0.05, 0) is 24.3 Å². The first-order valence-electron chi connectivity index (χ1n) is 6.52. The minimum Gasteiger partial charge on any atom is -0.497 e. The number of nitrogens with zero attached hydrogens (tertiary/aromatic N) is 2. The molecule has 0 spiro atoms. The predicted molar refractivity (Wildman–Crippen MR) is 79.4 cm³/mol. The molecule has 0 unspecified atom stereocenters. The molecule has 0 radical (unpaired) electrons. The topological polar surface area (TPSA) is 84.3 Å². The highest BCUT2D eigenvalue weighted by Crippen LogP contribution is 2.22. The Hall–Kier alpha value is -2.63. The molecule has 6 heteroatoms. The molecule has 21 heavy (non-hydrogen) atoms. The van der Waals surface area contributed by atoms with E-state index in [2.05, 4.69) is 15.3 Å². The lowest BCUT2D eigenvalue weighted by atomic mass is 10.2. The van der Waals surface area contributed by atoms with Crippen LogP contribution in [0.3, 0.4) is 0 Å². The van der Waals surface area contributed by atoms with Crippen LogP contribution in [0.15, 0.2) is 30.5 Å². The molecule has 2 N–H and O–H groups in total. The highest BCUT2D eigenvalue weighted by atomic mass is 16.5. The molecule has 0 fully saturated rings. The lowest BCUT2D eigenvalue weighted by Gasteiger charge is -2.11. The second-order valence-corrected chi connectivity index (χ2v) is 4.80. The van der Waals surface area contributed by atoms with E-state index in [1.54, 1.807) is 31.4 Å². The molecule has 0 atom stereocenters. The van der Waals surface area contributed by atoms with Gasteiger partial charge in [0.1, 0.15) is 11.6 Å². The van der Waals surface area contributed by atoms with Gasteiger partial charge in [-0.3, -0.25) is 0 Å². The number of rotatable bonds is 5. The summed E-state index contributed by atoms with van der Waals surface area (Å²) in [4.78, 5) is 19.6. The zero-order valence-electron chi connectivity index (χ0n) is 12.1. The maximum atomic E-state index is 11.3. The van der Waals surface area contributed by atoms with Crippen LogP contribution in [0.1, 0.15) is 36.1 Å². The third kappa shape index (κ3) is 3.47.